The first-order chi connectivity index (χ1) is 11.5. The molecule has 0 bridgehead atoms. The van der Waals surface area contributed by atoms with Gasteiger partial charge in [0.1, 0.15) is 11.5 Å². The fourth-order valence-electron chi connectivity index (χ4n) is 2.86. The number of aryl methyl sites for hydroxylation is 1. The van der Waals surface area contributed by atoms with Gasteiger partial charge >= 0.3 is 0 Å². The normalized spacial score (nSPS) is 16.5. The molecule has 0 spiro atoms. The number of hydrogen-bond donors (Lipinski definition) is 0. The van der Waals surface area contributed by atoms with E-state index in [2.05, 4.69) is 15.9 Å². The minimum absolute atomic E-state index is 0.00567. The average molecular weight is 392 g/mol. The van der Waals surface area contributed by atoms with Crippen LogP contribution in [0.1, 0.15) is 44.1 Å². The van der Waals surface area contributed by atoms with Crippen molar-refractivity contribution in [1.29, 1.82) is 0 Å². The number of benzene rings is 1. The topological polar surface area (TPSA) is 42.7 Å². The summed E-state index contributed by atoms with van der Waals surface area (Å²) in [7, 11) is 0. The Morgan fingerprint density at radius 2 is 2.08 bits per heavy atom. The molecule has 0 radical (unpaired) electrons. The summed E-state index contributed by atoms with van der Waals surface area (Å²) in [6.07, 6.45) is 3.17. The minimum atomic E-state index is -0.554. The first-order valence-corrected chi connectivity index (χ1v) is 9.05. The summed E-state index contributed by atoms with van der Waals surface area (Å²) in [5, 5.41) is 0. The summed E-state index contributed by atoms with van der Waals surface area (Å²) >= 11 is 3.50. The van der Waals surface area contributed by atoms with E-state index < -0.39 is 6.10 Å². The number of ether oxygens (including phenoxy) is 1. The van der Waals surface area contributed by atoms with Gasteiger partial charge in [0.2, 0.25) is 0 Å². The van der Waals surface area contributed by atoms with Crippen LogP contribution in [0.15, 0.2) is 45.5 Å². The summed E-state index contributed by atoms with van der Waals surface area (Å²) < 4.78 is 12.3. The molecule has 4 nitrogen and oxygen atoms in total. The highest BCUT2D eigenvalue weighted by Crippen LogP contribution is 2.36. The second-order valence-electron chi connectivity index (χ2n) is 6.36. The van der Waals surface area contributed by atoms with Gasteiger partial charge in [-0.3, -0.25) is 4.79 Å². The van der Waals surface area contributed by atoms with Crippen molar-refractivity contribution in [3.05, 3.63) is 52.4 Å². The number of hydrogen-bond acceptors (Lipinski definition) is 3. The van der Waals surface area contributed by atoms with Crippen molar-refractivity contribution < 1.29 is 13.9 Å². The molecule has 0 N–H and O–H groups in total. The van der Waals surface area contributed by atoms with Crippen LogP contribution in [-0.2, 0) is 4.79 Å². The summed E-state index contributed by atoms with van der Waals surface area (Å²) in [6, 6.07) is 9.80. The Balaban J connectivity index is 1.75. The van der Waals surface area contributed by atoms with Crippen molar-refractivity contribution in [2.24, 2.45) is 0 Å². The molecule has 24 heavy (non-hydrogen) atoms. The van der Waals surface area contributed by atoms with Gasteiger partial charge in [0.05, 0.1) is 16.8 Å². The Labute approximate surface area is 150 Å². The first kappa shape index (κ1) is 17.1. The molecule has 128 valence electrons. The Kier molecular flexibility index (Phi) is 4.99. The van der Waals surface area contributed by atoms with E-state index in [0.717, 1.165) is 28.6 Å². The van der Waals surface area contributed by atoms with Gasteiger partial charge in [0, 0.05) is 6.04 Å². The number of carbonyl (C=O) groups excluding carboxylic acids is 1. The molecule has 0 saturated heterocycles. The van der Waals surface area contributed by atoms with E-state index in [9.17, 15) is 4.79 Å². The predicted octanol–water partition coefficient (Wildman–Crippen LogP) is 4.87. The van der Waals surface area contributed by atoms with Crippen LogP contribution in [0.25, 0.3) is 0 Å². The third-order valence-corrected chi connectivity index (χ3v) is 4.93. The molecule has 1 fully saturated rings. The lowest BCUT2D eigenvalue weighted by Crippen LogP contribution is -2.43. The van der Waals surface area contributed by atoms with Crippen molar-refractivity contribution in [2.75, 3.05) is 0 Å². The number of rotatable bonds is 6. The maximum absolute atomic E-state index is 13.0. The first-order valence-electron chi connectivity index (χ1n) is 8.25. The smallest absolute Gasteiger partial charge is 0.264 e. The molecule has 2 aromatic rings. The third kappa shape index (κ3) is 3.66. The standard InChI is InChI=1S/C19H22BrNO3/c1-12-6-9-18(16(20)11-12)24-14(3)19(22)21(15-7-8-15)13(2)17-5-4-10-23-17/h4-6,9-11,13-15H,7-8H2,1-3H3. The van der Waals surface area contributed by atoms with Crippen molar-refractivity contribution in [2.45, 2.75) is 51.8 Å². The second-order valence-corrected chi connectivity index (χ2v) is 7.22. The fraction of sp³-hybridized carbons (Fsp3) is 0.421. The summed E-state index contributed by atoms with van der Waals surface area (Å²) in [4.78, 5) is 14.9. The van der Waals surface area contributed by atoms with Crippen LogP contribution in [0.5, 0.6) is 5.75 Å². The zero-order chi connectivity index (χ0) is 17.3. The van der Waals surface area contributed by atoms with Gasteiger partial charge in [-0.2, -0.15) is 0 Å². The van der Waals surface area contributed by atoms with Gasteiger partial charge in [-0.1, -0.05) is 6.07 Å². The van der Waals surface area contributed by atoms with Gasteiger partial charge in [-0.25, -0.2) is 0 Å². The highest BCUT2D eigenvalue weighted by Gasteiger charge is 2.39. The monoisotopic (exact) mass is 391 g/mol. The zero-order valence-corrected chi connectivity index (χ0v) is 15.7. The second kappa shape index (κ2) is 7.01. The van der Waals surface area contributed by atoms with Gasteiger partial charge in [0.25, 0.3) is 5.91 Å². The van der Waals surface area contributed by atoms with Crippen LogP contribution in [0.4, 0.5) is 0 Å². The Bertz CT molecular complexity index is 709. The number of furan rings is 1. The number of nitrogens with zero attached hydrogens (tertiary/aromatic N) is 1. The molecule has 0 aliphatic heterocycles. The van der Waals surface area contributed by atoms with Crippen LogP contribution < -0.4 is 4.74 Å². The Morgan fingerprint density at radius 3 is 2.67 bits per heavy atom. The van der Waals surface area contributed by atoms with Crippen molar-refractivity contribution in [1.82, 2.24) is 4.90 Å². The van der Waals surface area contributed by atoms with Crippen LogP contribution >= 0.6 is 15.9 Å². The molecule has 1 saturated carbocycles. The molecule has 2 atom stereocenters. The maximum atomic E-state index is 13.0. The largest absolute Gasteiger partial charge is 0.480 e. The molecule has 1 aliphatic rings. The van der Waals surface area contributed by atoms with Crippen LogP contribution in [0, 0.1) is 6.92 Å². The third-order valence-electron chi connectivity index (χ3n) is 4.31. The lowest BCUT2D eigenvalue weighted by Gasteiger charge is -2.30. The molecule has 3 rings (SSSR count). The van der Waals surface area contributed by atoms with Crippen LogP contribution in [0.2, 0.25) is 0 Å². The molecule has 1 heterocycles. The van der Waals surface area contributed by atoms with Crippen molar-refractivity contribution >= 4 is 21.8 Å². The van der Waals surface area contributed by atoms with E-state index in [-0.39, 0.29) is 18.0 Å². The molecule has 1 aromatic heterocycles. The van der Waals surface area contributed by atoms with E-state index in [1.165, 1.54) is 0 Å². The van der Waals surface area contributed by atoms with Gasteiger partial charge in [-0.15, -0.1) is 0 Å². The van der Waals surface area contributed by atoms with Crippen molar-refractivity contribution in [3.8, 4) is 5.75 Å². The average Bonchev–Trinajstić information content (AvgIpc) is 3.22. The van der Waals surface area contributed by atoms with Crippen LogP contribution in [-0.4, -0.2) is 23.0 Å². The minimum Gasteiger partial charge on any atom is -0.480 e. The fourth-order valence-corrected chi connectivity index (χ4v) is 3.44. The van der Waals surface area contributed by atoms with E-state index in [4.69, 9.17) is 9.15 Å². The van der Waals surface area contributed by atoms with Crippen molar-refractivity contribution in [3.63, 3.8) is 0 Å². The molecule has 1 aromatic carbocycles. The Morgan fingerprint density at radius 1 is 1.33 bits per heavy atom. The van der Waals surface area contributed by atoms with Gasteiger partial charge < -0.3 is 14.1 Å². The highest BCUT2D eigenvalue weighted by molar-refractivity contribution is 9.10. The molecule has 5 heteroatoms. The van der Waals surface area contributed by atoms with Crippen LogP contribution in [0.3, 0.4) is 0 Å². The van der Waals surface area contributed by atoms with E-state index >= 15 is 0 Å². The molecule has 2 unspecified atom stereocenters. The number of halogens is 1. The maximum Gasteiger partial charge on any atom is 0.264 e. The van der Waals surface area contributed by atoms with E-state index in [1.54, 1.807) is 13.2 Å². The Hall–Kier alpha value is -1.75. The molecule has 1 amide bonds. The SMILES string of the molecule is Cc1ccc(OC(C)C(=O)N(C2CC2)C(C)c2ccco2)c(Br)c1. The quantitative estimate of drug-likeness (QED) is 0.705. The molecule has 1 aliphatic carbocycles. The van der Waals surface area contributed by atoms with E-state index in [0.29, 0.717) is 5.75 Å². The summed E-state index contributed by atoms with van der Waals surface area (Å²) in [5.41, 5.74) is 1.14. The summed E-state index contributed by atoms with van der Waals surface area (Å²) in [5.74, 6) is 1.48. The molecular weight excluding hydrogens is 370 g/mol. The number of amides is 1. The highest BCUT2D eigenvalue weighted by atomic mass is 79.9. The number of carbonyl (C=O) groups is 1. The lowest BCUT2D eigenvalue weighted by molar-refractivity contribution is -0.141. The zero-order valence-electron chi connectivity index (χ0n) is 14.2. The molecular formula is C19H22BrNO3. The summed E-state index contributed by atoms with van der Waals surface area (Å²) in [6.45, 7) is 5.82. The van der Waals surface area contributed by atoms with Gasteiger partial charge in [-0.05, 0) is 79.4 Å². The predicted molar refractivity (Wildman–Crippen MR) is 96.0 cm³/mol. The lowest BCUT2D eigenvalue weighted by atomic mass is 10.2. The van der Waals surface area contributed by atoms with Gasteiger partial charge in [0.15, 0.2) is 6.10 Å². The van der Waals surface area contributed by atoms with E-state index in [1.807, 2.05) is 49.1 Å².